The summed E-state index contributed by atoms with van der Waals surface area (Å²) in [4.78, 5) is 4.64. The maximum Gasteiger partial charge on any atom is 0.101 e. The molecule has 0 amide bonds. The van der Waals surface area contributed by atoms with E-state index in [2.05, 4.69) is 26.8 Å². The Morgan fingerprint density at radius 1 is 1.30 bits per heavy atom. The van der Waals surface area contributed by atoms with Gasteiger partial charge in [-0.15, -0.1) is 0 Å². The molecular weight excluding hydrogens is 374 g/mol. The van der Waals surface area contributed by atoms with Crippen LogP contribution in [0.25, 0.3) is 0 Å². The number of rotatable bonds is 5. The Labute approximate surface area is 177 Å². The second kappa shape index (κ2) is 7.99. The number of aromatic nitrogens is 3. The van der Waals surface area contributed by atoms with Crippen LogP contribution in [-0.4, -0.2) is 21.0 Å². The van der Waals surface area contributed by atoms with E-state index in [1.807, 2.05) is 39.2 Å². The summed E-state index contributed by atoms with van der Waals surface area (Å²) in [6.07, 6.45) is 9.72. The predicted molar refractivity (Wildman–Crippen MR) is 121 cm³/mol. The Balaban J connectivity index is 0.00000272. The van der Waals surface area contributed by atoms with Crippen molar-refractivity contribution in [2.24, 2.45) is 7.05 Å². The van der Waals surface area contributed by atoms with Crippen LogP contribution in [0.2, 0.25) is 0 Å². The molecule has 1 aromatic carbocycles. The first kappa shape index (κ1) is 19.6. The third kappa shape index (κ3) is 3.64. The van der Waals surface area contributed by atoms with Crippen molar-refractivity contribution in [3.8, 4) is 6.07 Å². The molecule has 0 spiro atoms. The molecule has 30 heavy (non-hydrogen) atoms. The van der Waals surface area contributed by atoms with Crippen molar-refractivity contribution in [3.63, 3.8) is 0 Å². The van der Waals surface area contributed by atoms with Gasteiger partial charge in [-0.05, 0) is 61.9 Å². The lowest BCUT2D eigenvalue weighted by atomic mass is 9.87. The molecule has 7 nitrogen and oxygen atoms in total. The zero-order valence-corrected chi connectivity index (χ0v) is 17.5. The highest BCUT2D eigenvalue weighted by Gasteiger charge is 2.25. The van der Waals surface area contributed by atoms with Gasteiger partial charge in [-0.25, -0.2) is 0 Å². The number of pyridine rings is 1. The van der Waals surface area contributed by atoms with E-state index >= 15 is 0 Å². The Kier molecular flexibility index (Phi) is 5.23. The van der Waals surface area contributed by atoms with Crippen molar-refractivity contribution < 1.29 is 1.43 Å². The molecule has 4 rings (SSSR count). The van der Waals surface area contributed by atoms with Gasteiger partial charge < -0.3 is 16.0 Å². The predicted octanol–water partition coefficient (Wildman–Crippen LogP) is 4.78. The number of anilines is 3. The minimum Gasteiger partial charge on any atom is -0.376 e. The van der Waals surface area contributed by atoms with E-state index in [9.17, 15) is 5.26 Å². The van der Waals surface area contributed by atoms with Crippen LogP contribution < -0.4 is 10.6 Å². The Morgan fingerprint density at radius 3 is 2.83 bits per heavy atom. The molecule has 1 aliphatic rings. The fraction of sp³-hybridized carbons (Fsp3) is 0.304. The highest BCUT2D eigenvalue weighted by molar-refractivity contribution is 5.89. The van der Waals surface area contributed by atoms with Gasteiger partial charge in [0, 0.05) is 44.0 Å². The van der Waals surface area contributed by atoms with Crippen LogP contribution in [0.5, 0.6) is 0 Å². The third-order valence-corrected chi connectivity index (χ3v) is 5.73. The summed E-state index contributed by atoms with van der Waals surface area (Å²) in [5.41, 5.74) is 8.56. The van der Waals surface area contributed by atoms with Gasteiger partial charge in [0.2, 0.25) is 0 Å². The van der Waals surface area contributed by atoms with Gasteiger partial charge in [0.05, 0.1) is 29.2 Å². The van der Waals surface area contributed by atoms with Gasteiger partial charge in [0.25, 0.3) is 0 Å². The molecule has 2 heterocycles. The average molecular weight is 402 g/mol. The van der Waals surface area contributed by atoms with Crippen LogP contribution in [0.15, 0.2) is 30.7 Å². The molecule has 0 radical (unpaired) electrons. The van der Waals surface area contributed by atoms with Gasteiger partial charge in [-0.2, -0.15) is 10.4 Å². The second-order valence-electron chi connectivity index (χ2n) is 7.79. The highest BCUT2D eigenvalue weighted by Crippen LogP contribution is 2.36. The van der Waals surface area contributed by atoms with Gasteiger partial charge in [0.15, 0.2) is 0 Å². The summed E-state index contributed by atoms with van der Waals surface area (Å²) in [5.74, 6) is 0. The molecule has 3 N–H and O–H groups in total. The van der Waals surface area contributed by atoms with E-state index in [-0.39, 0.29) is 7.47 Å². The molecule has 0 fully saturated rings. The van der Waals surface area contributed by atoms with Gasteiger partial charge in [-0.1, -0.05) is 0 Å². The van der Waals surface area contributed by atoms with Crippen LogP contribution in [0.3, 0.4) is 0 Å². The summed E-state index contributed by atoms with van der Waals surface area (Å²) in [6, 6.07) is 6.40. The minimum absolute atomic E-state index is 0. The zero-order chi connectivity index (χ0) is 21.3. The number of benzene rings is 1. The zero-order valence-electron chi connectivity index (χ0n) is 17.5. The quantitative estimate of drug-likeness (QED) is 0.534. The van der Waals surface area contributed by atoms with Crippen molar-refractivity contribution in [2.45, 2.75) is 39.2 Å². The standard InChI is InChI=1S/C23H25N7.H2/c1-14-7-16(9-24)22(28-18-12-27-30(3)13-18)8-21(14)29-20-6-4-5-19-15(2)17(10-25)11-26-23(19)20;/h7-9,11-13,20,24,28-29H,4-6H2,1-3H3;1H/t20-;/m1./s1. The Bertz CT molecular complexity index is 1160. The molecule has 7 heteroatoms. The van der Waals surface area contributed by atoms with Crippen LogP contribution in [-0.2, 0) is 13.5 Å². The lowest BCUT2D eigenvalue weighted by Crippen LogP contribution is -2.21. The molecule has 154 valence electrons. The normalized spacial score (nSPS) is 15.2. The molecule has 0 bridgehead atoms. The maximum absolute atomic E-state index is 9.32. The van der Waals surface area contributed by atoms with Crippen molar-refractivity contribution in [1.29, 1.82) is 10.7 Å². The van der Waals surface area contributed by atoms with Crippen molar-refractivity contribution in [1.82, 2.24) is 14.8 Å². The minimum atomic E-state index is 0. The van der Waals surface area contributed by atoms with Crippen LogP contribution in [0.4, 0.5) is 17.1 Å². The van der Waals surface area contributed by atoms with Crippen LogP contribution in [0.1, 0.15) is 53.8 Å². The van der Waals surface area contributed by atoms with E-state index in [4.69, 9.17) is 5.41 Å². The van der Waals surface area contributed by atoms with E-state index in [1.54, 1.807) is 17.1 Å². The van der Waals surface area contributed by atoms with Gasteiger partial charge in [-0.3, -0.25) is 9.67 Å². The number of fused-ring (bicyclic) bond motifs is 1. The summed E-state index contributed by atoms with van der Waals surface area (Å²) in [6.45, 7) is 4.06. The molecular formula is C23H27N7. The Hall–Kier alpha value is -3.66. The third-order valence-electron chi connectivity index (χ3n) is 5.73. The summed E-state index contributed by atoms with van der Waals surface area (Å²) >= 11 is 0. The number of nitrogens with zero attached hydrogens (tertiary/aromatic N) is 4. The summed E-state index contributed by atoms with van der Waals surface area (Å²) in [5, 5.41) is 28.4. The first-order chi connectivity index (χ1) is 14.5. The first-order valence-electron chi connectivity index (χ1n) is 10.1. The molecule has 0 saturated carbocycles. The first-order valence-corrected chi connectivity index (χ1v) is 10.1. The lowest BCUT2D eigenvalue weighted by molar-refractivity contribution is 0.580. The molecule has 0 unspecified atom stereocenters. The number of aryl methyl sites for hydroxylation is 2. The fourth-order valence-electron chi connectivity index (χ4n) is 4.09. The molecule has 1 atom stereocenters. The van der Waals surface area contributed by atoms with E-state index in [0.717, 1.165) is 58.7 Å². The van der Waals surface area contributed by atoms with Crippen molar-refractivity contribution in [3.05, 3.63) is 64.2 Å². The lowest BCUT2D eigenvalue weighted by Gasteiger charge is -2.28. The molecule has 0 saturated heterocycles. The van der Waals surface area contributed by atoms with Crippen LogP contribution in [0, 0.1) is 30.6 Å². The molecule has 2 aromatic heterocycles. The smallest absolute Gasteiger partial charge is 0.101 e. The fourth-order valence-corrected chi connectivity index (χ4v) is 4.09. The summed E-state index contributed by atoms with van der Waals surface area (Å²) in [7, 11) is 1.87. The number of hydrogen-bond donors (Lipinski definition) is 3. The highest BCUT2D eigenvalue weighted by atomic mass is 15.3. The van der Waals surface area contributed by atoms with Crippen molar-refractivity contribution in [2.75, 3.05) is 10.6 Å². The SMILES string of the molecule is Cc1cc(C=N)c(Nc2cnn(C)c2)cc1N[C@@H]1CCCc2c1ncc(C#N)c2C.[HH]. The molecule has 1 aliphatic carbocycles. The average Bonchev–Trinajstić information content (AvgIpc) is 3.15. The summed E-state index contributed by atoms with van der Waals surface area (Å²) < 4.78 is 1.74. The maximum atomic E-state index is 9.32. The van der Waals surface area contributed by atoms with Gasteiger partial charge in [0.1, 0.15) is 6.07 Å². The van der Waals surface area contributed by atoms with Crippen molar-refractivity contribution >= 4 is 23.3 Å². The molecule has 3 aromatic rings. The van der Waals surface area contributed by atoms with E-state index < -0.39 is 0 Å². The van der Waals surface area contributed by atoms with E-state index in [0.29, 0.717) is 5.56 Å². The van der Waals surface area contributed by atoms with Crippen LogP contribution >= 0.6 is 0 Å². The number of nitriles is 1. The Morgan fingerprint density at radius 2 is 2.13 bits per heavy atom. The number of nitrogens with one attached hydrogen (secondary N) is 3. The van der Waals surface area contributed by atoms with Gasteiger partial charge >= 0.3 is 0 Å². The van der Waals surface area contributed by atoms with E-state index in [1.165, 1.54) is 11.8 Å². The topological polar surface area (TPSA) is 102 Å². The monoisotopic (exact) mass is 401 g/mol. The number of hydrogen-bond acceptors (Lipinski definition) is 6. The largest absolute Gasteiger partial charge is 0.376 e. The second-order valence-corrected chi connectivity index (χ2v) is 7.79. The molecule has 0 aliphatic heterocycles.